The second-order valence-corrected chi connectivity index (χ2v) is 2.82. The number of allylic oxidation sites excluding steroid dienone is 1. The maximum atomic E-state index is 10.1. The van der Waals surface area contributed by atoms with Gasteiger partial charge in [0.05, 0.1) is 0 Å². The van der Waals surface area contributed by atoms with Gasteiger partial charge in [-0.3, -0.25) is 4.21 Å². The molecule has 0 heterocycles. The largest absolute Gasteiger partial charge is 0.772 e. The number of hydrogen-bond donors (Lipinski definition) is 0. The van der Waals surface area contributed by atoms with Gasteiger partial charge in [-0.15, -0.1) is 6.58 Å². The third kappa shape index (κ3) is 4.36. The maximum Gasteiger partial charge on any atom is 0.0164 e. The first-order valence-corrected chi connectivity index (χ1v) is 4.13. The highest BCUT2D eigenvalue weighted by molar-refractivity contribution is 7.79. The van der Waals surface area contributed by atoms with Crippen molar-refractivity contribution < 1.29 is 8.76 Å². The second kappa shape index (κ2) is 4.70. The van der Waals surface area contributed by atoms with Crippen LogP contribution < -0.4 is 0 Å². The third-order valence-corrected chi connectivity index (χ3v) is 1.91. The van der Waals surface area contributed by atoms with E-state index in [2.05, 4.69) is 6.58 Å². The lowest BCUT2D eigenvalue weighted by atomic mass is 10.1. The molecule has 0 aromatic heterocycles. The van der Waals surface area contributed by atoms with Gasteiger partial charge in [0, 0.05) is 5.75 Å². The summed E-state index contributed by atoms with van der Waals surface area (Å²) in [4.78, 5) is 0. The van der Waals surface area contributed by atoms with Crippen molar-refractivity contribution in [1.82, 2.24) is 0 Å². The fourth-order valence-electron chi connectivity index (χ4n) is 0.527. The smallest absolute Gasteiger partial charge is 0.0164 e. The van der Waals surface area contributed by atoms with Gasteiger partial charge in [-0.25, -0.2) is 0 Å². The molecule has 0 aromatic carbocycles. The molecule has 0 radical (unpaired) electrons. The molecule has 2 atom stereocenters. The van der Waals surface area contributed by atoms with Crippen LogP contribution in [0.15, 0.2) is 12.7 Å². The average molecular weight is 147 g/mol. The summed E-state index contributed by atoms with van der Waals surface area (Å²) in [6, 6.07) is 0. The third-order valence-electron chi connectivity index (χ3n) is 1.21. The fourth-order valence-corrected chi connectivity index (χ4v) is 1.25. The van der Waals surface area contributed by atoms with Gasteiger partial charge in [-0.2, -0.15) is 0 Å². The Morgan fingerprint density at radius 3 is 2.56 bits per heavy atom. The van der Waals surface area contributed by atoms with E-state index in [4.69, 9.17) is 0 Å². The van der Waals surface area contributed by atoms with Crippen molar-refractivity contribution in [2.75, 3.05) is 5.75 Å². The Morgan fingerprint density at radius 1 is 1.89 bits per heavy atom. The van der Waals surface area contributed by atoms with Crippen molar-refractivity contribution in [2.45, 2.75) is 13.3 Å². The quantitative estimate of drug-likeness (QED) is 0.441. The zero-order valence-electron chi connectivity index (χ0n) is 5.50. The molecule has 0 aliphatic heterocycles. The predicted octanol–water partition coefficient (Wildman–Crippen LogP) is 1.08. The minimum atomic E-state index is -1.92. The van der Waals surface area contributed by atoms with Crippen molar-refractivity contribution in [3.05, 3.63) is 12.7 Å². The summed E-state index contributed by atoms with van der Waals surface area (Å²) in [5.41, 5.74) is 0. The molecular formula is C6H11O2S-. The number of rotatable bonds is 4. The monoisotopic (exact) mass is 147 g/mol. The standard InChI is InChI=1S/C6H12O2S/c1-3-6(4-2)5-9(7)8/h3,6H,1,4-5H2,2H3,(H,7,8)/p-1. The van der Waals surface area contributed by atoms with Gasteiger partial charge in [0.25, 0.3) is 0 Å². The van der Waals surface area contributed by atoms with E-state index in [-0.39, 0.29) is 11.7 Å². The summed E-state index contributed by atoms with van der Waals surface area (Å²) in [6.45, 7) is 5.46. The molecule has 2 unspecified atom stereocenters. The molecule has 0 saturated heterocycles. The molecular weight excluding hydrogens is 136 g/mol. The first-order valence-electron chi connectivity index (χ1n) is 2.89. The summed E-state index contributed by atoms with van der Waals surface area (Å²) in [5.74, 6) is 0.336. The Morgan fingerprint density at radius 2 is 2.44 bits per heavy atom. The van der Waals surface area contributed by atoms with Gasteiger partial charge < -0.3 is 4.55 Å². The molecule has 0 saturated carbocycles. The lowest BCUT2D eigenvalue weighted by molar-refractivity contribution is 0.525. The Bertz CT molecular complexity index is 112. The van der Waals surface area contributed by atoms with E-state index < -0.39 is 11.1 Å². The van der Waals surface area contributed by atoms with Crippen molar-refractivity contribution in [3.63, 3.8) is 0 Å². The lowest BCUT2D eigenvalue weighted by Crippen LogP contribution is -2.06. The molecule has 0 rings (SSSR count). The van der Waals surface area contributed by atoms with E-state index in [0.717, 1.165) is 6.42 Å². The van der Waals surface area contributed by atoms with E-state index in [9.17, 15) is 8.76 Å². The maximum absolute atomic E-state index is 10.1. The van der Waals surface area contributed by atoms with Crippen LogP contribution in [-0.2, 0) is 11.1 Å². The molecule has 0 amide bonds. The summed E-state index contributed by atoms with van der Waals surface area (Å²) < 4.78 is 20.2. The van der Waals surface area contributed by atoms with Crippen LogP contribution in [0, 0.1) is 5.92 Å². The van der Waals surface area contributed by atoms with Crippen molar-refractivity contribution >= 4 is 11.1 Å². The first kappa shape index (κ1) is 8.85. The molecule has 3 heteroatoms. The highest BCUT2D eigenvalue weighted by Gasteiger charge is 1.98. The molecule has 0 aromatic rings. The van der Waals surface area contributed by atoms with Gasteiger partial charge in [0.15, 0.2) is 0 Å². The van der Waals surface area contributed by atoms with Gasteiger partial charge in [0.1, 0.15) is 0 Å². The fraction of sp³-hybridized carbons (Fsp3) is 0.667. The van der Waals surface area contributed by atoms with E-state index in [1.54, 1.807) is 6.08 Å². The van der Waals surface area contributed by atoms with E-state index >= 15 is 0 Å². The molecule has 0 aliphatic carbocycles. The molecule has 54 valence electrons. The van der Waals surface area contributed by atoms with Gasteiger partial charge >= 0.3 is 0 Å². The second-order valence-electron chi connectivity index (χ2n) is 1.87. The molecule has 0 bridgehead atoms. The topological polar surface area (TPSA) is 40.1 Å². The Kier molecular flexibility index (Phi) is 4.62. The van der Waals surface area contributed by atoms with Gasteiger partial charge in [-0.1, -0.05) is 24.1 Å². The number of hydrogen-bond acceptors (Lipinski definition) is 2. The Balaban J connectivity index is 3.55. The summed E-state index contributed by atoms with van der Waals surface area (Å²) in [5, 5.41) is 0. The zero-order valence-corrected chi connectivity index (χ0v) is 6.32. The Hall–Kier alpha value is -0.150. The van der Waals surface area contributed by atoms with Crippen LogP contribution in [0.25, 0.3) is 0 Å². The molecule has 0 spiro atoms. The summed E-state index contributed by atoms with van der Waals surface area (Å²) >= 11 is -1.92. The van der Waals surface area contributed by atoms with Crippen LogP contribution in [0.3, 0.4) is 0 Å². The average Bonchev–Trinajstić information content (AvgIpc) is 1.82. The first-order chi connectivity index (χ1) is 4.20. The minimum absolute atomic E-state index is 0.128. The Labute approximate surface area is 58.3 Å². The molecule has 0 N–H and O–H groups in total. The highest BCUT2D eigenvalue weighted by Crippen LogP contribution is 2.03. The van der Waals surface area contributed by atoms with E-state index in [0.29, 0.717) is 0 Å². The molecule has 0 aliphatic rings. The van der Waals surface area contributed by atoms with E-state index in [1.807, 2.05) is 6.92 Å². The van der Waals surface area contributed by atoms with Gasteiger partial charge in [0.2, 0.25) is 0 Å². The predicted molar refractivity (Wildman–Crippen MR) is 37.8 cm³/mol. The van der Waals surface area contributed by atoms with Crippen LogP contribution in [-0.4, -0.2) is 14.5 Å². The van der Waals surface area contributed by atoms with Crippen LogP contribution in [0.1, 0.15) is 13.3 Å². The molecule has 2 nitrogen and oxygen atoms in total. The van der Waals surface area contributed by atoms with E-state index in [1.165, 1.54) is 0 Å². The van der Waals surface area contributed by atoms with Crippen molar-refractivity contribution in [1.29, 1.82) is 0 Å². The summed E-state index contributed by atoms with van der Waals surface area (Å²) in [6.07, 6.45) is 2.52. The zero-order chi connectivity index (χ0) is 7.28. The summed E-state index contributed by atoms with van der Waals surface area (Å²) in [7, 11) is 0. The van der Waals surface area contributed by atoms with Gasteiger partial charge in [-0.05, 0) is 12.3 Å². The normalized spacial score (nSPS) is 16.7. The lowest BCUT2D eigenvalue weighted by Gasteiger charge is -2.10. The van der Waals surface area contributed by atoms with Crippen LogP contribution in [0.2, 0.25) is 0 Å². The minimum Gasteiger partial charge on any atom is -0.772 e. The highest BCUT2D eigenvalue weighted by atomic mass is 32.2. The van der Waals surface area contributed by atoms with Crippen molar-refractivity contribution in [2.24, 2.45) is 5.92 Å². The van der Waals surface area contributed by atoms with Crippen LogP contribution in [0.5, 0.6) is 0 Å². The molecule has 9 heavy (non-hydrogen) atoms. The van der Waals surface area contributed by atoms with Crippen LogP contribution >= 0.6 is 0 Å². The van der Waals surface area contributed by atoms with Crippen molar-refractivity contribution in [3.8, 4) is 0 Å². The van der Waals surface area contributed by atoms with Crippen LogP contribution in [0.4, 0.5) is 0 Å². The SMILES string of the molecule is C=CC(CC)CS(=O)[O-]. The molecule has 0 fully saturated rings.